The molecule has 0 radical (unpaired) electrons. The van der Waals surface area contributed by atoms with E-state index in [-0.39, 0.29) is 11.5 Å². The van der Waals surface area contributed by atoms with E-state index in [1.807, 2.05) is 24.3 Å². The van der Waals surface area contributed by atoms with Crippen LogP contribution in [0.5, 0.6) is 0 Å². The highest BCUT2D eigenvalue weighted by molar-refractivity contribution is 9.10. The van der Waals surface area contributed by atoms with Gasteiger partial charge in [-0.1, -0.05) is 12.1 Å². The predicted octanol–water partition coefficient (Wildman–Crippen LogP) is 5.33. The van der Waals surface area contributed by atoms with E-state index in [0.717, 1.165) is 22.3 Å². The lowest BCUT2D eigenvalue weighted by Gasteiger charge is -2.14. The van der Waals surface area contributed by atoms with Gasteiger partial charge < -0.3 is 16.4 Å². The number of rotatable bonds is 4. The van der Waals surface area contributed by atoms with E-state index < -0.39 is 11.7 Å². The molecule has 0 aliphatic carbocycles. The number of halogens is 4. The van der Waals surface area contributed by atoms with Crippen LogP contribution in [0, 0.1) is 0 Å². The first-order valence-corrected chi connectivity index (χ1v) is 8.20. The van der Waals surface area contributed by atoms with Crippen molar-refractivity contribution < 1.29 is 13.2 Å². The number of hydrogen-bond donors (Lipinski definition) is 3. The minimum absolute atomic E-state index is 0.239. The largest absolute Gasteiger partial charge is 0.416 e. The number of aromatic nitrogens is 2. The van der Waals surface area contributed by atoms with Gasteiger partial charge >= 0.3 is 6.18 Å². The molecule has 26 heavy (non-hydrogen) atoms. The highest BCUT2D eigenvalue weighted by atomic mass is 79.9. The molecule has 4 N–H and O–H groups in total. The number of nitrogens with zero attached hydrogens (tertiary/aromatic N) is 2. The molecule has 2 aromatic carbocycles. The van der Waals surface area contributed by atoms with E-state index in [1.54, 1.807) is 0 Å². The van der Waals surface area contributed by atoms with Crippen molar-refractivity contribution in [2.45, 2.75) is 6.18 Å². The zero-order valence-corrected chi connectivity index (χ0v) is 14.8. The Kier molecular flexibility index (Phi) is 4.99. The Morgan fingerprint density at radius 3 is 2.12 bits per heavy atom. The van der Waals surface area contributed by atoms with Crippen molar-refractivity contribution in [3.8, 4) is 0 Å². The van der Waals surface area contributed by atoms with Crippen LogP contribution in [0.2, 0.25) is 0 Å². The summed E-state index contributed by atoms with van der Waals surface area (Å²) >= 11 is 3.42. The van der Waals surface area contributed by atoms with Gasteiger partial charge in [-0.3, -0.25) is 0 Å². The number of para-hydroxylation sites is 1. The number of anilines is 5. The lowest BCUT2D eigenvalue weighted by molar-refractivity contribution is -0.137. The molecular weight excluding hydrogens is 411 g/mol. The predicted molar refractivity (Wildman–Crippen MR) is 98.6 cm³/mol. The van der Waals surface area contributed by atoms with Crippen molar-refractivity contribution in [3.63, 3.8) is 0 Å². The zero-order valence-electron chi connectivity index (χ0n) is 13.2. The van der Waals surface area contributed by atoms with Crippen LogP contribution in [0.3, 0.4) is 0 Å². The summed E-state index contributed by atoms with van der Waals surface area (Å²) in [6.45, 7) is 0. The molecule has 1 aromatic heterocycles. The van der Waals surface area contributed by atoms with Crippen molar-refractivity contribution in [1.82, 2.24) is 9.97 Å². The van der Waals surface area contributed by atoms with Gasteiger partial charge in [0.15, 0.2) is 11.6 Å². The summed E-state index contributed by atoms with van der Waals surface area (Å²) < 4.78 is 38.7. The monoisotopic (exact) mass is 423 g/mol. The van der Waals surface area contributed by atoms with E-state index in [4.69, 9.17) is 5.73 Å². The molecular formula is C17H13BrF3N5. The number of nitrogens with one attached hydrogen (secondary N) is 2. The van der Waals surface area contributed by atoms with Gasteiger partial charge in [0.05, 0.1) is 11.3 Å². The third-order valence-corrected chi connectivity index (χ3v) is 4.18. The third kappa shape index (κ3) is 4.05. The summed E-state index contributed by atoms with van der Waals surface area (Å²) in [7, 11) is 0. The molecule has 0 amide bonds. The lowest BCUT2D eigenvalue weighted by Crippen LogP contribution is -2.06. The van der Waals surface area contributed by atoms with E-state index >= 15 is 0 Å². The molecule has 0 bridgehead atoms. The molecule has 0 unspecified atom stereocenters. The lowest BCUT2D eigenvalue weighted by atomic mass is 10.2. The van der Waals surface area contributed by atoms with Crippen molar-refractivity contribution in [1.29, 1.82) is 0 Å². The number of hydrogen-bond acceptors (Lipinski definition) is 5. The molecule has 1 heterocycles. The third-order valence-electron chi connectivity index (χ3n) is 3.49. The smallest absolute Gasteiger partial charge is 0.393 e. The molecule has 5 nitrogen and oxygen atoms in total. The molecule has 0 saturated carbocycles. The fraction of sp³-hybridized carbons (Fsp3) is 0.0588. The first kappa shape index (κ1) is 18.0. The van der Waals surface area contributed by atoms with Gasteiger partial charge in [0.1, 0.15) is 12.0 Å². The first-order chi connectivity index (χ1) is 12.3. The first-order valence-electron chi connectivity index (χ1n) is 7.41. The Morgan fingerprint density at radius 2 is 1.50 bits per heavy atom. The summed E-state index contributed by atoms with van der Waals surface area (Å²) in [6, 6.07) is 12.0. The maximum Gasteiger partial charge on any atom is 0.416 e. The number of nitrogen functional groups attached to an aromatic ring is 1. The summed E-state index contributed by atoms with van der Waals surface area (Å²) in [5.41, 5.74) is 6.78. The van der Waals surface area contributed by atoms with Crippen LogP contribution in [-0.2, 0) is 6.18 Å². The molecule has 134 valence electrons. The van der Waals surface area contributed by atoms with Crippen molar-refractivity contribution in [2.75, 3.05) is 16.4 Å². The average Bonchev–Trinajstić information content (AvgIpc) is 2.60. The normalized spacial score (nSPS) is 11.2. The van der Waals surface area contributed by atoms with Crippen molar-refractivity contribution >= 4 is 44.6 Å². The van der Waals surface area contributed by atoms with Crippen LogP contribution in [0.15, 0.2) is 59.3 Å². The minimum Gasteiger partial charge on any atom is -0.393 e. The maximum atomic E-state index is 12.6. The highest BCUT2D eigenvalue weighted by Gasteiger charge is 2.29. The minimum atomic E-state index is -4.38. The average molecular weight is 424 g/mol. The van der Waals surface area contributed by atoms with Gasteiger partial charge in [0.2, 0.25) is 0 Å². The summed E-state index contributed by atoms with van der Waals surface area (Å²) in [5.74, 6) is 0.663. The number of benzene rings is 2. The van der Waals surface area contributed by atoms with Crippen LogP contribution in [0.4, 0.5) is 41.9 Å². The van der Waals surface area contributed by atoms with Crippen LogP contribution in [0.1, 0.15) is 5.56 Å². The van der Waals surface area contributed by atoms with Crippen LogP contribution in [-0.4, -0.2) is 9.97 Å². The molecule has 9 heteroatoms. The summed E-state index contributed by atoms with van der Waals surface area (Å²) in [4.78, 5) is 8.15. The molecule has 0 atom stereocenters. The Labute approximate surface area is 155 Å². The van der Waals surface area contributed by atoms with E-state index in [9.17, 15) is 13.2 Å². The molecule has 0 saturated heterocycles. The molecule has 3 aromatic rings. The SMILES string of the molecule is Nc1c(Nc2ccc(C(F)(F)F)cc2)ncnc1Nc1ccccc1Br. The Morgan fingerprint density at radius 1 is 0.885 bits per heavy atom. The van der Waals surface area contributed by atoms with Gasteiger partial charge in [-0.2, -0.15) is 13.2 Å². The Balaban J connectivity index is 1.82. The van der Waals surface area contributed by atoms with Gasteiger partial charge in [-0.05, 0) is 52.3 Å². The Bertz CT molecular complexity index is 913. The number of nitrogens with two attached hydrogens (primary N) is 1. The van der Waals surface area contributed by atoms with E-state index in [1.165, 1.54) is 18.5 Å². The van der Waals surface area contributed by atoms with Crippen molar-refractivity contribution in [2.24, 2.45) is 0 Å². The molecule has 0 aliphatic rings. The van der Waals surface area contributed by atoms with E-state index in [0.29, 0.717) is 11.5 Å². The van der Waals surface area contributed by atoms with Crippen LogP contribution in [0.25, 0.3) is 0 Å². The molecule has 0 spiro atoms. The molecule has 0 fully saturated rings. The van der Waals surface area contributed by atoms with Crippen LogP contribution >= 0.6 is 15.9 Å². The molecule has 0 aliphatic heterocycles. The Hall–Kier alpha value is -2.81. The second kappa shape index (κ2) is 7.20. The van der Waals surface area contributed by atoms with E-state index in [2.05, 4.69) is 36.5 Å². The van der Waals surface area contributed by atoms with Gasteiger partial charge in [0, 0.05) is 10.2 Å². The zero-order chi connectivity index (χ0) is 18.7. The second-order valence-electron chi connectivity index (χ2n) is 5.29. The van der Waals surface area contributed by atoms with Gasteiger partial charge in [-0.25, -0.2) is 9.97 Å². The van der Waals surface area contributed by atoms with Crippen molar-refractivity contribution in [3.05, 3.63) is 64.9 Å². The van der Waals surface area contributed by atoms with Gasteiger partial charge in [0.25, 0.3) is 0 Å². The summed E-state index contributed by atoms with van der Waals surface area (Å²) in [5, 5.41) is 5.98. The van der Waals surface area contributed by atoms with Crippen LogP contribution < -0.4 is 16.4 Å². The highest BCUT2D eigenvalue weighted by Crippen LogP contribution is 2.33. The fourth-order valence-electron chi connectivity index (χ4n) is 2.16. The second-order valence-corrected chi connectivity index (χ2v) is 6.14. The quantitative estimate of drug-likeness (QED) is 0.528. The number of alkyl halides is 3. The fourth-order valence-corrected chi connectivity index (χ4v) is 2.55. The van der Waals surface area contributed by atoms with Gasteiger partial charge in [-0.15, -0.1) is 0 Å². The summed E-state index contributed by atoms with van der Waals surface area (Å²) in [6.07, 6.45) is -3.07. The maximum absolute atomic E-state index is 12.6. The standard InChI is InChI=1S/C17H13BrF3N5/c18-12-3-1-2-4-13(12)26-16-14(22)15(23-9-24-16)25-11-7-5-10(6-8-11)17(19,20)21/h1-9H,22H2,(H2,23,24,25,26). The molecule has 3 rings (SSSR count). The topological polar surface area (TPSA) is 75.9 Å².